The maximum absolute atomic E-state index is 13.2. The Morgan fingerprint density at radius 3 is 2.56 bits per heavy atom. The number of rotatable bonds is 5. The van der Waals surface area contributed by atoms with E-state index in [0.717, 1.165) is 22.3 Å². The molecule has 0 unspecified atom stereocenters. The number of carbonyl (C=O) groups excluding carboxylic acids is 1. The number of nitrogens with one attached hydrogen (secondary N) is 1. The second-order valence-corrected chi connectivity index (χ2v) is 10.0. The van der Waals surface area contributed by atoms with Crippen LogP contribution in [-0.2, 0) is 16.4 Å². The predicted molar refractivity (Wildman–Crippen MR) is 128 cm³/mol. The van der Waals surface area contributed by atoms with Crippen molar-refractivity contribution >= 4 is 27.6 Å². The zero-order valence-corrected chi connectivity index (χ0v) is 19.5. The number of carbonyl (C=O) groups is 1. The van der Waals surface area contributed by atoms with Crippen LogP contribution >= 0.6 is 0 Å². The fraction of sp³-hybridized carbons (Fsp3) is 0.160. The molecular weight excluding hydrogens is 452 g/mol. The number of aryl methyl sites for hydroxylation is 2. The summed E-state index contributed by atoms with van der Waals surface area (Å²) in [6.45, 7) is 4.30. The first kappa shape index (κ1) is 21.8. The first-order valence-electron chi connectivity index (χ1n) is 10.8. The molecule has 1 amide bonds. The zero-order chi connectivity index (χ0) is 23.9. The Morgan fingerprint density at radius 2 is 1.76 bits per heavy atom. The number of aromatic nitrogens is 2. The molecule has 172 valence electrons. The van der Waals surface area contributed by atoms with E-state index in [1.165, 1.54) is 28.6 Å². The lowest BCUT2D eigenvalue weighted by Crippen LogP contribution is -2.29. The second kappa shape index (κ2) is 8.42. The number of hydrogen-bond donors (Lipinski definition) is 1. The molecule has 0 aliphatic carbocycles. The van der Waals surface area contributed by atoms with Gasteiger partial charge in [-0.25, -0.2) is 8.42 Å². The molecule has 3 aromatic carbocycles. The highest BCUT2D eigenvalue weighted by molar-refractivity contribution is 7.92. The van der Waals surface area contributed by atoms with E-state index in [0.29, 0.717) is 24.5 Å². The lowest BCUT2D eigenvalue weighted by molar-refractivity contribution is 0.102. The van der Waals surface area contributed by atoms with E-state index in [1.807, 2.05) is 50.2 Å². The smallest absolute Gasteiger partial charge is 0.322 e. The summed E-state index contributed by atoms with van der Waals surface area (Å²) in [6, 6.07) is 19.1. The van der Waals surface area contributed by atoms with Crippen molar-refractivity contribution in [2.45, 2.75) is 25.2 Å². The van der Waals surface area contributed by atoms with Crippen LogP contribution in [0.15, 0.2) is 76.0 Å². The van der Waals surface area contributed by atoms with Gasteiger partial charge in [0.1, 0.15) is 0 Å². The van der Waals surface area contributed by atoms with Crippen LogP contribution in [0.25, 0.3) is 11.5 Å². The molecule has 0 saturated heterocycles. The first-order chi connectivity index (χ1) is 16.3. The summed E-state index contributed by atoms with van der Waals surface area (Å²) in [5.74, 6) is -0.171. The van der Waals surface area contributed by atoms with Crippen LogP contribution in [0, 0.1) is 13.8 Å². The van der Waals surface area contributed by atoms with E-state index >= 15 is 0 Å². The van der Waals surface area contributed by atoms with Gasteiger partial charge >= 0.3 is 6.01 Å². The van der Waals surface area contributed by atoms with Crippen LogP contribution in [-0.4, -0.2) is 31.1 Å². The molecule has 0 fully saturated rings. The minimum Gasteiger partial charge on any atom is -0.403 e. The Hall–Kier alpha value is -3.98. The summed E-state index contributed by atoms with van der Waals surface area (Å²) in [6.07, 6.45) is 0.671. The summed E-state index contributed by atoms with van der Waals surface area (Å²) < 4.78 is 33.3. The number of benzene rings is 3. The molecule has 0 bridgehead atoms. The van der Waals surface area contributed by atoms with E-state index < -0.39 is 15.9 Å². The van der Waals surface area contributed by atoms with Gasteiger partial charge in [-0.15, -0.1) is 5.10 Å². The molecule has 0 radical (unpaired) electrons. The topological polar surface area (TPSA) is 105 Å². The Kier molecular flexibility index (Phi) is 5.41. The maximum Gasteiger partial charge on any atom is 0.322 e. The number of nitrogens with zero attached hydrogens (tertiary/aromatic N) is 3. The van der Waals surface area contributed by atoms with Crippen molar-refractivity contribution < 1.29 is 17.6 Å². The number of hydrogen-bond acceptors (Lipinski definition) is 6. The first-order valence-corrected chi connectivity index (χ1v) is 12.2. The molecule has 2 heterocycles. The van der Waals surface area contributed by atoms with Crippen LogP contribution in [0.5, 0.6) is 0 Å². The van der Waals surface area contributed by atoms with Crippen molar-refractivity contribution in [3.63, 3.8) is 0 Å². The van der Waals surface area contributed by atoms with Crippen molar-refractivity contribution in [1.82, 2.24) is 10.2 Å². The van der Waals surface area contributed by atoms with E-state index in [9.17, 15) is 13.2 Å². The lowest BCUT2D eigenvalue weighted by atomic mass is 10.1. The van der Waals surface area contributed by atoms with Crippen LogP contribution in [0.4, 0.5) is 11.7 Å². The molecule has 0 saturated carbocycles. The minimum absolute atomic E-state index is 0.0359. The normalized spacial score (nSPS) is 13.1. The fourth-order valence-corrected chi connectivity index (χ4v) is 5.48. The van der Waals surface area contributed by atoms with Crippen LogP contribution < -0.4 is 9.62 Å². The Bertz CT molecular complexity index is 1490. The molecule has 34 heavy (non-hydrogen) atoms. The van der Waals surface area contributed by atoms with Gasteiger partial charge in [0.25, 0.3) is 15.9 Å². The second-order valence-electron chi connectivity index (χ2n) is 8.17. The molecule has 5 rings (SSSR count). The number of fused-ring (bicyclic) bond motifs is 1. The van der Waals surface area contributed by atoms with Gasteiger partial charge in [0.05, 0.1) is 10.6 Å². The SMILES string of the molecule is Cc1ccc(C)c(-c2nnc(NC(=O)c3ccc(S(=O)(=O)N4CCc5ccccc54)cc3)o2)c1. The number of para-hydroxylation sites is 1. The summed E-state index contributed by atoms with van der Waals surface area (Å²) in [5.41, 5.74) is 4.79. The van der Waals surface area contributed by atoms with E-state index in [4.69, 9.17) is 4.42 Å². The van der Waals surface area contributed by atoms with Gasteiger partial charge in [0, 0.05) is 17.7 Å². The third kappa shape index (κ3) is 3.94. The minimum atomic E-state index is -3.73. The van der Waals surface area contributed by atoms with Crippen LogP contribution in [0.1, 0.15) is 27.0 Å². The molecule has 9 heteroatoms. The monoisotopic (exact) mass is 474 g/mol. The van der Waals surface area contributed by atoms with E-state index in [-0.39, 0.29) is 16.5 Å². The highest BCUT2D eigenvalue weighted by atomic mass is 32.2. The summed E-state index contributed by atoms with van der Waals surface area (Å²) in [5, 5.41) is 10.5. The Balaban J connectivity index is 1.32. The van der Waals surface area contributed by atoms with Crippen molar-refractivity contribution in [3.8, 4) is 11.5 Å². The number of sulfonamides is 1. The largest absolute Gasteiger partial charge is 0.403 e. The molecule has 0 atom stereocenters. The third-order valence-corrected chi connectivity index (χ3v) is 7.65. The zero-order valence-electron chi connectivity index (χ0n) is 18.6. The fourth-order valence-electron chi connectivity index (χ4n) is 3.98. The van der Waals surface area contributed by atoms with Crippen LogP contribution in [0.3, 0.4) is 0 Å². The highest BCUT2D eigenvalue weighted by Gasteiger charge is 2.30. The quantitative estimate of drug-likeness (QED) is 0.461. The molecule has 1 aromatic heterocycles. The molecule has 8 nitrogen and oxygen atoms in total. The van der Waals surface area contributed by atoms with Crippen molar-refractivity contribution in [1.29, 1.82) is 0 Å². The van der Waals surface area contributed by atoms with Crippen molar-refractivity contribution in [2.24, 2.45) is 0 Å². The molecule has 4 aromatic rings. The average molecular weight is 475 g/mol. The van der Waals surface area contributed by atoms with Gasteiger partial charge in [0.15, 0.2) is 0 Å². The van der Waals surface area contributed by atoms with Gasteiger partial charge in [0.2, 0.25) is 5.89 Å². The molecule has 1 aliphatic rings. The standard InChI is InChI=1S/C25H22N4O4S/c1-16-7-8-17(2)21(15-16)24-27-28-25(33-24)26-23(30)19-9-11-20(12-10-19)34(31,32)29-14-13-18-5-3-4-6-22(18)29/h3-12,15H,13-14H2,1-2H3,(H,26,28,30). The lowest BCUT2D eigenvalue weighted by Gasteiger charge is -2.19. The highest BCUT2D eigenvalue weighted by Crippen LogP contribution is 2.32. The van der Waals surface area contributed by atoms with Gasteiger partial charge in [-0.1, -0.05) is 41.0 Å². The summed E-state index contributed by atoms with van der Waals surface area (Å²) >= 11 is 0. The predicted octanol–water partition coefficient (Wildman–Crippen LogP) is 4.36. The van der Waals surface area contributed by atoms with Crippen LogP contribution in [0.2, 0.25) is 0 Å². The Morgan fingerprint density at radius 1 is 1.00 bits per heavy atom. The number of anilines is 2. The Labute approximate surface area is 197 Å². The van der Waals surface area contributed by atoms with Gasteiger partial charge in [-0.05, 0) is 67.8 Å². The molecule has 1 aliphatic heterocycles. The molecule has 0 spiro atoms. The van der Waals surface area contributed by atoms with Crippen molar-refractivity contribution in [2.75, 3.05) is 16.2 Å². The third-order valence-electron chi connectivity index (χ3n) is 5.82. The van der Waals surface area contributed by atoms with Crippen molar-refractivity contribution in [3.05, 3.63) is 89.0 Å². The average Bonchev–Trinajstić information content (AvgIpc) is 3.48. The van der Waals surface area contributed by atoms with Gasteiger partial charge < -0.3 is 4.42 Å². The molecular formula is C25H22N4O4S. The van der Waals surface area contributed by atoms with Gasteiger partial charge in [-0.2, -0.15) is 0 Å². The maximum atomic E-state index is 13.2. The number of amides is 1. The summed E-state index contributed by atoms with van der Waals surface area (Å²) in [4.78, 5) is 12.8. The summed E-state index contributed by atoms with van der Waals surface area (Å²) in [7, 11) is -3.73. The molecule has 1 N–H and O–H groups in total. The van der Waals surface area contributed by atoms with Gasteiger partial charge in [-0.3, -0.25) is 14.4 Å². The van der Waals surface area contributed by atoms with E-state index in [2.05, 4.69) is 15.5 Å². The van der Waals surface area contributed by atoms with E-state index in [1.54, 1.807) is 6.07 Å².